The van der Waals surface area contributed by atoms with Gasteiger partial charge in [-0.05, 0) is 12.3 Å². The lowest BCUT2D eigenvalue weighted by Crippen LogP contribution is -2.36. The summed E-state index contributed by atoms with van der Waals surface area (Å²) < 4.78 is 25.2. The first-order valence-electron chi connectivity index (χ1n) is 3.57. The maximum Gasteiger partial charge on any atom is 0.134 e. The lowest BCUT2D eigenvalue weighted by atomic mass is 9.86. The third-order valence-corrected chi connectivity index (χ3v) is 2.03. The van der Waals surface area contributed by atoms with Crippen molar-refractivity contribution in [3.05, 3.63) is 0 Å². The number of hydrogen-bond acceptors (Lipinski definition) is 1. The topological polar surface area (TPSA) is 20.2 Å². The molecule has 0 radical (unpaired) electrons. The molecule has 1 aliphatic rings. The molecule has 0 heterocycles. The Morgan fingerprint density at radius 1 is 1.30 bits per heavy atom. The van der Waals surface area contributed by atoms with Gasteiger partial charge in [-0.15, -0.1) is 0 Å². The van der Waals surface area contributed by atoms with Gasteiger partial charge < -0.3 is 5.11 Å². The van der Waals surface area contributed by atoms with Gasteiger partial charge in [-0.2, -0.15) is 0 Å². The minimum absolute atomic E-state index is 0.0362. The number of rotatable bonds is 0. The summed E-state index contributed by atoms with van der Waals surface area (Å²) in [6.07, 6.45) is -3.12. The van der Waals surface area contributed by atoms with E-state index in [1.165, 1.54) is 0 Å². The zero-order valence-electron chi connectivity index (χ0n) is 5.93. The molecule has 60 valence electrons. The van der Waals surface area contributed by atoms with E-state index in [4.69, 9.17) is 5.11 Å². The van der Waals surface area contributed by atoms with Crippen molar-refractivity contribution in [2.24, 2.45) is 5.92 Å². The molecule has 10 heavy (non-hydrogen) atoms. The Morgan fingerprint density at radius 3 is 2.40 bits per heavy atom. The fourth-order valence-corrected chi connectivity index (χ4v) is 1.40. The van der Waals surface area contributed by atoms with Crippen molar-refractivity contribution in [2.45, 2.75) is 38.2 Å². The van der Waals surface area contributed by atoms with Gasteiger partial charge >= 0.3 is 0 Å². The Labute approximate surface area is 59.0 Å². The number of alkyl halides is 2. The van der Waals surface area contributed by atoms with Gasteiger partial charge in [0, 0.05) is 6.42 Å². The summed E-state index contributed by atoms with van der Waals surface area (Å²) in [5, 5.41) is 8.96. The smallest absolute Gasteiger partial charge is 0.134 e. The summed E-state index contributed by atoms with van der Waals surface area (Å²) in [6.45, 7) is 1.62. The minimum atomic E-state index is -1.46. The number of aliphatic hydroxyl groups is 1. The molecule has 1 fully saturated rings. The Morgan fingerprint density at radius 2 is 1.90 bits per heavy atom. The first-order chi connectivity index (χ1) is 4.61. The first-order valence-corrected chi connectivity index (χ1v) is 3.57. The van der Waals surface area contributed by atoms with E-state index in [-0.39, 0.29) is 12.3 Å². The summed E-state index contributed by atoms with van der Waals surface area (Å²) in [5.41, 5.74) is 0. The fraction of sp³-hybridized carbons (Fsp3) is 1.00. The molecule has 0 aliphatic heterocycles. The highest BCUT2D eigenvalue weighted by Gasteiger charge is 2.34. The van der Waals surface area contributed by atoms with Crippen LogP contribution >= 0.6 is 0 Å². The van der Waals surface area contributed by atoms with Gasteiger partial charge in [-0.25, -0.2) is 8.78 Å². The Kier molecular flexibility index (Phi) is 2.24. The Bertz CT molecular complexity index is 106. The second kappa shape index (κ2) is 2.82. The quantitative estimate of drug-likeness (QED) is 0.554. The van der Waals surface area contributed by atoms with Crippen LogP contribution in [0, 0.1) is 5.92 Å². The molecule has 1 nitrogen and oxygen atoms in total. The molecule has 0 amide bonds. The van der Waals surface area contributed by atoms with E-state index in [9.17, 15) is 8.78 Å². The molecule has 0 saturated heterocycles. The van der Waals surface area contributed by atoms with Crippen LogP contribution < -0.4 is 0 Å². The van der Waals surface area contributed by atoms with Crippen LogP contribution in [0.4, 0.5) is 8.78 Å². The molecular formula is C7H12F2O. The van der Waals surface area contributed by atoms with Gasteiger partial charge in [-0.1, -0.05) is 6.92 Å². The van der Waals surface area contributed by atoms with Gasteiger partial charge in [0.25, 0.3) is 0 Å². The van der Waals surface area contributed by atoms with Crippen LogP contribution in [0.2, 0.25) is 0 Å². The summed E-state index contributed by atoms with van der Waals surface area (Å²) in [6, 6.07) is 0. The molecule has 0 bridgehead atoms. The van der Waals surface area contributed by atoms with E-state index >= 15 is 0 Å². The van der Waals surface area contributed by atoms with E-state index in [1.807, 2.05) is 0 Å². The molecule has 1 aliphatic carbocycles. The summed E-state index contributed by atoms with van der Waals surface area (Å²) in [4.78, 5) is 0. The second-order valence-corrected chi connectivity index (χ2v) is 3.06. The lowest BCUT2D eigenvalue weighted by Gasteiger charge is -2.29. The number of aliphatic hydroxyl groups excluding tert-OH is 1. The van der Waals surface area contributed by atoms with Crippen LogP contribution in [0.1, 0.15) is 19.8 Å². The molecule has 1 N–H and O–H groups in total. The van der Waals surface area contributed by atoms with Crippen molar-refractivity contribution in [1.29, 1.82) is 0 Å². The maximum atomic E-state index is 12.7. The van der Waals surface area contributed by atoms with Crippen molar-refractivity contribution in [1.82, 2.24) is 0 Å². The standard InChI is InChI=1S/C7H12F2O/c1-4-2-5(10)3-6(8)7(4)9/h4-7,10H,2-3H2,1H3. The van der Waals surface area contributed by atoms with Crippen molar-refractivity contribution in [3.8, 4) is 0 Å². The van der Waals surface area contributed by atoms with E-state index in [1.54, 1.807) is 6.92 Å². The lowest BCUT2D eigenvalue weighted by molar-refractivity contribution is -0.00166. The van der Waals surface area contributed by atoms with Gasteiger partial charge in [0.1, 0.15) is 12.3 Å². The van der Waals surface area contributed by atoms with Gasteiger partial charge in [0.05, 0.1) is 6.10 Å². The van der Waals surface area contributed by atoms with Crippen LogP contribution in [0.25, 0.3) is 0 Å². The predicted molar refractivity (Wildman–Crippen MR) is 34.2 cm³/mol. The molecule has 0 aromatic heterocycles. The summed E-state index contributed by atoms with van der Waals surface area (Å²) >= 11 is 0. The van der Waals surface area contributed by atoms with Crippen molar-refractivity contribution < 1.29 is 13.9 Å². The van der Waals surface area contributed by atoms with Gasteiger partial charge in [-0.3, -0.25) is 0 Å². The van der Waals surface area contributed by atoms with Crippen LogP contribution in [0.15, 0.2) is 0 Å². The SMILES string of the molecule is CC1CC(O)CC(F)C1F. The average molecular weight is 150 g/mol. The molecule has 0 spiro atoms. The largest absolute Gasteiger partial charge is 0.393 e. The molecule has 1 rings (SSSR count). The second-order valence-electron chi connectivity index (χ2n) is 3.06. The van der Waals surface area contributed by atoms with Gasteiger partial charge in [0.15, 0.2) is 0 Å². The normalized spacial score (nSPS) is 49.2. The monoisotopic (exact) mass is 150 g/mol. The molecule has 4 unspecified atom stereocenters. The summed E-state index contributed by atoms with van der Waals surface area (Å²) in [7, 11) is 0. The third kappa shape index (κ3) is 1.45. The zero-order valence-corrected chi connectivity index (χ0v) is 5.93. The molecule has 0 aromatic carbocycles. The minimum Gasteiger partial charge on any atom is -0.393 e. The van der Waals surface area contributed by atoms with Crippen molar-refractivity contribution >= 4 is 0 Å². The molecule has 4 atom stereocenters. The number of hydrogen-bond donors (Lipinski definition) is 1. The molecule has 3 heteroatoms. The maximum absolute atomic E-state index is 12.7. The highest BCUT2D eigenvalue weighted by molar-refractivity contribution is 4.83. The van der Waals surface area contributed by atoms with E-state index in [2.05, 4.69) is 0 Å². The number of halogens is 2. The van der Waals surface area contributed by atoms with Gasteiger partial charge in [0.2, 0.25) is 0 Å². The summed E-state index contributed by atoms with van der Waals surface area (Å²) in [5.74, 6) is -0.334. The molecule has 1 saturated carbocycles. The van der Waals surface area contributed by atoms with E-state index in [0.29, 0.717) is 6.42 Å². The van der Waals surface area contributed by atoms with E-state index in [0.717, 1.165) is 0 Å². The van der Waals surface area contributed by atoms with Crippen LogP contribution in [0.5, 0.6) is 0 Å². The molecular weight excluding hydrogens is 138 g/mol. The average Bonchev–Trinajstić information content (AvgIpc) is 1.82. The van der Waals surface area contributed by atoms with Crippen LogP contribution in [-0.4, -0.2) is 23.6 Å². The van der Waals surface area contributed by atoms with Crippen LogP contribution in [0.3, 0.4) is 0 Å². The van der Waals surface area contributed by atoms with E-state index < -0.39 is 18.4 Å². The third-order valence-electron chi connectivity index (χ3n) is 2.03. The zero-order chi connectivity index (χ0) is 7.72. The highest BCUT2D eigenvalue weighted by Crippen LogP contribution is 2.28. The predicted octanol–water partition coefficient (Wildman–Crippen LogP) is 1.45. The van der Waals surface area contributed by atoms with Crippen molar-refractivity contribution in [2.75, 3.05) is 0 Å². The molecule has 0 aromatic rings. The first kappa shape index (κ1) is 7.92. The Hall–Kier alpha value is -0.180. The highest BCUT2D eigenvalue weighted by atomic mass is 19.2. The van der Waals surface area contributed by atoms with Crippen LogP contribution in [-0.2, 0) is 0 Å². The fourth-order valence-electron chi connectivity index (χ4n) is 1.40. The van der Waals surface area contributed by atoms with Crippen molar-refractivity contribution in [3.63, 3.8) is 0 Å². The Balaban J connectivity index is 2.49.